The topological polar surface area (TPSA) is 63.0 Å². The first-order valence-electron chi connectivity index (χ1n) is 11.4. The molecule has 1 aliphatic heterocycles. The molecule has 0 fully saturated rings. The lowest BCUT2D eigenvalue weighted by atomic mass is 9.98. The van der Waals surface area contributed by atoms with E-state index in [4.69, 9.17) is 9.15 Å². The van der Waals surface area contributed by atoms with Gasteiger partial charge >= 0.3 is 0 Å². The van der Waals surface area contributed by atoms with Crippen molar-refractivity contribution in [2.75, 3.05) is 33.8 Å². The van der Waals surface area contributed by atoms with Crippen LogP contribution in [0.15, 0.2) is 56.1 Å². The Morgan fingerprint density at radius 1 is 1.09 bits per heavy atom. The number of fused-ring (bicyclic) bond motifs is 2. The van der Waals surface area contributed by atoms with Crippen LogP contribution in [0.1, 0.15) is 53.9 Å². The molecule has 0 aliphatic carbocycles. The summed E-state index contributed by atoms with van der Waals surface area (Å²) in [4.78, 5) is 30.7. The second-order valence-corrected chi connectivity index (χ2v) is 9.56. The Hall–Kier alpha value is -2.64. The molecule has 1 aromatic heterocycles. The Bertz CT molecular complexity index is 1200. The van der Waals surface area contributed by atoms with Crippen molar-refractivity contribution in [1.82, 2.24) is 9.80 Å². The molecule has 1 unspecified atom stereocenters. The van der Waals surface area contributed by atoms with Gasteiger partial charge in [-0.2, -0.15) is 0 Å². The van der Waals surface area contributed by atoms with E-state index in [-0.39, 0.29) is 17.1 Å². The molecule has 1 amide bonds. The number of unbranched alkanes of at least 4 members (excludes halogenated alkanes) is 2. The fourth-order valence-corrected chi connectivity index (χ4v) is 4.53. The minimum atomic E-state index is -0.499. The van der Waals surface area contributed by atoms with Crippen molar-refractivity contribution in [2.45, 2.75) is 32.2 Å². The van der Waals surface area contributed by atoms with E-state index < -0.39 is 6.04 Å². The van der Waals surface area contributed by atoms with Crippen LogP contribution in [0.25, 0.3) is 11.0 Å². The monoisotopic (exact) mass is 512 g/mol. The van der Waals surface area contributed by atoms with Gasteiger partial charge in [-0.05, 0) is 56.4 Å². The highest BCUT2D eigenvalue weighted by molar-refractivity contribution is 9.10. The molecule has 3 aromatic rings. The molecular formula is C26H29BrN2O4. The zero-order valence-corrected chi connectivity index (χ0v) is 20.9. The molecule has 1 atom stereocenters. The molecule has 0 saturated heterocycles. The Morgan fingerprint density at radius 2 is 1.85 bits per heavy atom. The maximum Gasteiger partial charge on any atom is 0.290 e. The Morgan fingerprint density at radius 3 is 2.55 bits per heavy atom. The lowest BCUT2D eigenvalue weighted by molar-refractivity contribution is 0.0716. The van der Waals surface area contributed by atoms with Crippen LogP contribution >= 0.6 is 15.9 Å². The van der Waals surface area contributed by atoms with Crippen LogP contribution in [0.3, 0.4) is 0 Å². The number of halogens is 1. The van der Waals surface area contributed by atoms with Crippen molar-refractivity contribution >= 4 is 32.8 Å². The van der Waals surface area contributed by atoms with Gasteiger partial charge in [-0.3, -0.25) is 9.59 Å². The lowest BCUT2D eigenvalue weighted by Gasteiger charge is -2.26. The van der Waals surface area contributed by atoms with Gasteiger partial charge in [0, 0.05) is 17.6 Å². The van der Waals surface area contributed by atoms with Crippen LogP contribution in [0.4, 0.5) is 0 Å². The standard InChI is InChI=1S/C26H29BrN2O4/c1-4-5-6-15-32-19-10-7-17(8-11-19)23-22-24(30)20-16-18(27)9-12-21(20)33-25(22)26(31)29(23)14-13-28(2)3/h7-12,16,23H,4-6,13-15H2,1-3H3. The van der Waals surface area contributed by atoms with Crippen LogP contribution in [-0.2, 0) is 0 Å². The number of rotatable bonds is 9. The quantitative estimate of drug-likeness (QED) is 0.367. The van der Waals surface area contributed by atoms with Crippen LogP contribution in [0.2, 0.25) is 0 Å². The summed E-state index contributed by atoms with van der Waals surface area (Å²) >= 11 is 3.43. The van der Waals surface area contributed by atoms with Gasteiger partial charge < -0.3 is 19.0 Å². The molecule has 2 aromatic carbocycles. The molecule has 1 aliphatic rings. The highest BCUT2D eigenvalue weighted by Crippen LogP contribution is 2.38. The summed E-state index contributed by atoms with van der Waals surface area (Å²) in [5, 5.41) is 0.464. The van der Waals surface area contributed by atoms with Gasteiger partial charge in [0.1, 0.15) is 11.3 Å². The number of carbonyl (C=O) groups excluding carboxylic acids is 1. The predicted molar refractivity (Wildman–Crippen MR) is 133 cm³/mol. The highest BCUT2D eigenvalue weighted by Gasteiger charge is 2.42. The van der Waals surface area contributed by atoms with Gasteiger partial charge in [-0.1, -0.05) is 47.8 Å². The number of hydrogen-bond donors (Lipinski definition) is 0. The summed E-state index contributed by atoms with van der Waals surface area (Å²) < 4.78 is 12.6. The first kappa shape index (κ1) is 23.5. The minimum Gasteiger partial charge on any atom is -0.494 e. The fraction of sp³-hybridized carbons (Fsp3) is 0.385. The van der Waals surface area contributed by atoms with E-state index in [9.17, 15) is 9.59 Å². The largest absolute Gasteiger partial charge is 0.494 e. The second kappa shape index (κ2) is 10.1. The van der Waals surface area contributed by atoms with Gasteiger partial charge in [0.05, 0.1) is 23.6 Å². The number of hydrogen-bond acceptors (Lipinski definition) is 5. The van der Waals surface area contributed by atoms with E-state index in [0.29, 0.717) is 36.2 Å². The number of carbonyl (C=O) groups is 1. The second-order valence-electron chi connectivity index (χ2n) is 8.64. The molecule has 6 nitrogen and oxygen atoms in total. The summed E-state index contributed by atoms with van der Waals surface area (Å²) in [6, 6.07) is 12.5. The smallest absolute Gasteiger partial charge is 0.290 e. The van der Waals surface area contributed by atoms with Gasteiger partial charge in [0.2, 0.25) is 5.76 Å². The third-order valence-electron chi connectivity index (χ3n) is 5.93. The summed E-state index contributed by atoms with van der Waals surface area (Å²) in [6.07, 6.45) is 3.30. The van der Waals surface area contributed by atoms with Crippen molar-refractivity contribution in [1.29, 1.82) is 0 Å². The van der Waals surface area contributed by atoms with Crippen molar-refractivity contribution in [3.63, 3.8) is 0 Å². The average Bonchev–Trinajstić information content (AvgIpc) is 3.08. The third-order valence-corrected chi connectivity index (χ3v) is 6.42. The first-order valence-corrected chi connectivity index (χ1v) is 12.1. The van der Waals surface area contributed by atoms with Crippen LogP contribution in [-0.4, -0.2) is 49.5 Å². The minimum absolute atomic E-state index is 0.137. The molecule has 0 bridgehead atoms. The van der Waals surface area contributed by atoms with Crippen LogP contribution in [0.5, 0.6) is 5.75 Å². The number of amides is 1. The van der Waals surface area contributed by atoms with E-state index in [0.717, 1.165) is 35.0 Å². The summed E-state index contributed by atoms with van der Waals surface area (Å²) in [5.41, 5.74) is 1.52. The number of ether oxygens (including phenoxy) is 1. The molecule has 33 heavy (non-hydrogen) atoms. The predicted octanol–water partition coefficient (Wildman–Crippen LogP) is 5.23. The van der Waals surface area contributed by atoms with Crippen LogP contribution in [0, 0.1) is 0 Å². The normalized spacial score (nSPS) is 15.5. The molecule has 0 radical (unpaired) electrons. The Kier molecular flexibility index (Phi) is 7.20. The van der Waals surface area contributed by atoms with Crippen LogP contribution < -0.4 is 10.2 Å². The maximum absolute atomic E-state index is 13.6. The molecule has 0 saturated carbocycles. The van der Waals surface area contributed by atoms with Crippen molar-refractivity contribution in [3.8, 4) is 5.75 Å². The van der Waals surface area contributed by atoms with Gasteiger partial charge in [-0.15, -0.1) is 0 Å². The fourth-order valence-electron chi connectivity index (χ4n) is 4.17. The van der Waals surface area contributed by atoms with Crippen molar-refractivity contribution < 1.29 is 13.9 Å². The van der Waals surface area contributed by atoms with E-state index in [1.165, 1.54) is 0 Å². The zero-order valence-electron chi connectivity index (χ0n) is 19.3. The molecular weight excluding hydrogens is 484 g/mol. The van der Waals surface area contributed by atoms with Gasteiger partial charge in [0.25, 0.3) is 5.91 Å². The van der Waals surface area contributed by atoms with Crippen molar-refractivity contribution in [2.24, 2.45) is 0 Å². The number of likely N-dealkylation sites (N-methyl/N-ethyl adjacent to an activating group) is 1. The van der Waals surface area contributed by atoms with Gasteiger partial charge in [0.15, 0.2) is 5.43 Å². The zero-order chi connectivity index (χ0) is 23.5. The van der Waals surface area contributed by atoms with E-state index in [2.05, 4.69) is 22.9 Å². The molecule has 7 heteroatoms. The summed E-state index contributed by atoms with van der Waals surface area (Å²) in [5.74, 6) is 0.672. The van der Waals surface area contributed by atoms with E-state index in [1.807, 2.05) is 43.3 Å². The lowest BCUT2D eigenvalue weighted by Crippen LogP contribution is -2.35. The van der Waals surface area contributed by atoms with Crippen molar-refractivity contribution in [3.05, 3.63) is 74.0 Å². The van der Waals surface area contributed by atoms with E-state index in [1.54, 1.807) is 23.1 Å². The highest BCUT2D eigenvalue weighted by atomic mass is 79.9. The SMILES string of the molecule is CCCCCOc1ccc(C2c3c(oc4ccc(Br)cc4c3=O)C(=O)N2CCN(C)C)cc1. The molecule has 174 valence electrons. The molecule has 0 N–H and O–H groups in total. The van der Waals surface area contributed by atoms with E-state index >= 15 is 0 Å². The Labute approximate surface area is 202 Å². The maximum atomic E-state index is 13.6. The first-order chi connectivity index (χ1) is 15.9. The molecule has 0 spiro atoms. The molecule has 4 rings (SSSR count). The average molecular weight is 513 g/mol. The third kappa shape index (κ3) is 4.84. The summed E-state index contributed by atoms with van der Waals surface area (Å²) in [6.45, 7) is 4.00. The molecule has 2 heterocycles. The Balaban J connectivity index is 1.74. The van der Waals surface area contributed by atoms with Gasteiger partial charge in [-0.25, -0.2) is 0 Å². The summed E-state index contributed by atoms with van der Waals surface area (Å²) in [7, 11) is 3.92. The number of nitrogens with zero attached hydrogens (tertiary/aromatic N) is 2. The number of benzene rings is 2.